The summed E-state index contributed by atoms with van der Waals surface area (Å²) < 4.78 is 78.0. The van der Waals surface area contributed by atoms with Gasteiger partial charge in [-0.2, -0.15) is 15.6 Å². The van der Waals surface area contributed by atoms with E-state index < -0.39 is 59.8 Å². The highest BCUT2D eigenvalue weighted by atomic mass is 35.5. The zero-order valence-electron chi connectivity index (χ0n) is 20.6. The summed E-state index contributed by atoms with van der Waals surface area (Å²) in [5.41, 5.74) is -1.97. The highest BCUT2D eigenvalue weighted by Crippen LogP contribution is 3.02. The summed E-state index contributed by atoms with van der Waals surface area (Å²) in [6.07, 6.45) is -0.874. The van der Waals surface area contributed by atoms with Crippen LogP contribution in [0.2, 0.25) is 10.0 Å². The molecule has 1 aliphatic rings. The van der Waals surface area contributed by atoms with Crippen LogP contribution in [-0.2, 0) is 26.3 Å². The van der Waals surface area contributed by atoms with Gasteiger partial charge in [0, 0.05) is 0 Å². The van der Waals surface area contributed by atoms with E-state index in [2.05, 4.69) is 10.4 Å². The fourth-order valence-corrected chi connectivity index (χ4v) is 5.54. The van der Waals surface area contributed by atoms with Crippen molar-refractivity contribution in [2.45, 2.75) is 29.8 Å². The van der Waals surface area contributed by atoms with Gasteiger partial charge in [0.2, 0.25) is 0 Å². The van der Waals surface area contributed by atoms with E-state index in [0.717, 1.165) is 7.11 Å². The largest absolute Gasteiger partial charge is 0.468 e. The summed E-state index contributed by atoms with van der Waals surface area (Å²) in [6, 6.07) is 9.63. The van der Waals surface area contributed by atoms with E-state index in [1.807, 2.05) is 6.07 Å². The van der Waals surface area contributed by atoms with Gasteiger partial charge in [-0.3, -0.25) is 10.1 Å². The van der Waals surface area contributed by atoms with Gasteiger partial charge in [0.25, 0.3) is 0 Å². The van der Waals surface area contributed by atoms with Crippen LogP contribution in [0.15, 0.2) is 41.3 Å². The van der Waals surface area contributed by atoms with Crippen LogP contribution >= 0.6 is 33.4 Å². The molecular formula is C24H16Cl2F5N5O4S. The Hall–Kier alpha value is -4.05. The predicted molar refractivity (Wildman–Crippen MR) is 138 cm³/mol. The Morgan fingerprint density at radius 3 is 2.24 bits per heavy atom. The van der Waals surface area contributed by atoms with Crippen molar-refractivity contribution in [3.05, 3.63) is 68.8 Å². The van der Waals surface area contributed by atoms with Gasteiger partial charge in [0.1, 0.15) is 29.1 Å². The summed E-state index contributed by atoms with van der Waals surface area (Å²) in [4.78, 5) is 23.2. The lowest BCUT2D eigenvalue weighted by Gasteiger charge is -2.40. The van der Waals surface area contributed by atoms with Crippen LogP contribution in [0.3, 0.4) is 0 Å². The molecule has 0 unspecified atom stereocenters. The van der Waals surface area contributed by atoms with Gasteiger partial charge < -0.3 is 9.47 Å². The van der Waals surface area contributed by atoms with Crippen molar-refractivity contribution >= 4 is 51.3 Å². The monoisotopic (exact) mass is 635 g/mol. The van der Waals surface area contributed by atoms with Gasteiger partial charge in [-0.15, -0.1) is 0 Å². The Kier molecular flexibility index (Phi) is 6.94. The lowest BCUT2D eigenvalue weighted by Crippen LogP contribution is -2.25. The second-order valence-corrected chi connectivity index (χ2v) is 12.1. The molecule has 1 heterocycles. The Morgan fingerprint density at radius 1 is 1.10 bits per heavy atom. The molecule has 0 bridgehead atoms. The Bertz CT molecular complexity index is 1670. The first kappa shape index (κ1) is 29.9. The van der Waals surface area contributed by atoms with Crippen molar-refractivity contribution in [3.63, 3.8) is 0 Å². The topological polar surface area (TPSA) is 130 Å². The number of amides is 1. The maximum atomic E-state index is 13.5. The van der Waals surface area contributed by atoms with Crippen LogP contribution in [0.1, 0.15) is 35.2 Å². The molecule has 0 spiro atoms. The molecule has 216 valence electrons. The molecule has 9 nitrogen and oxygen atoms in total. The van der Waals surface area contributed by atoms with Crippen molar-refractivity contribution in [3.8, 4) is 17.8 Å². The standard InChI is InChI=1S/C24H16Cl2F5N5O4S/c1-39-22(37)24(5-6-24)19-18(11-33)35-36(20-16(25)8-15(9-17(20)26)41(27,28,29,30)31)21(19)34-23(38)40-12-14-4-2-3-13(7-14)10-32/h2-4,7-9H,5-6,12H2,1H3,(H,34,38). The number of nitrogens with zero attached hydrogens (tertiary/aromatic N) is 4. The number of nitrogens with one attached hydrogen (secondary N) is 1. The molecule has 1 N–H and O–H groups in total. The maximum absolute atomic E-state index is 13.5. The first-order valence-electron chi connectivity index (χ1n) is 11.2. The number of aromatic nitrogens is 2. The van der Waals surface area contributed by atoms with Crippen LogP contribution < -0.4 is 5.32 Å². The van der Waals surface area contributed by atoms with Crippen LogP contribution in [0, 0.1) is 22.7 Å². The van der Waals surface area contributed by atoms with Crippen LogP contribution in [0.4, 0.5) is 30.0 Å². The van der Waals surface area contributed by atoms with Gasteiger partial charge in [-0.05, 0) is 42.7 Å². The molecule has 0 aliphatic heterocycles. The van der Waals surface area contributed by atoms with E-state index >= 15 is 0 Å². The number of benzene rings is 2. The van der Waals surface area contributed by atoms with Crippen molar-refractivity contribution in [2.75, 3.05) is 12.4 Å². The number of ether oxygens (including phenoxy) is 2. The Labute approximate surface area is 238 Å². The van der Waals surface area contributed by atoms with Gasteiger partial charge in [0.15, 0.2) is 5.69 Å². The minimum absolute atomic E-state index is 0.0603. The molecule has 0 radical (unpaired) electrons. The predicted octanol–water partition coefficient (Wildman–Crippen LogP) is 7.53. The number of carbonyl (C=O) groups is 2. The molecule has 2 aromatic carbocycles. The minimum atomic E-state index is -10.2. The molecule has 3 aromatic rings. The summed E-state index contributed by atoms with van der Waals surface area (Å²) in [7, 11) is -9.12. The molecule has 17 heteroatoms. The van der Waals surface area contributed by atoms with Crippen LogP contribution in [0.5, 0.6) is 0 Å². The lowest BCUT2D eigenvalue weighted by atomic mass is 9.95. The normalized spacial score (nSPS) is 15.5. The average molecular weight is 636 g/mol. The number of hydrogen-bond donors (Lipinski definition) is 1. The Morgan fingerprint density at radius 2 is 1.73 bits per heavy atom. The highest BCUT2D eigenvalue weighted by molar-refractivity contribution is 8.45. The van der Waals surface area contributed by atoms with Crippen LogP contribution in [-0.4, -0.2) is 29.0 Å². The number of methoxy groups -OCH3 is 1. The third-order valence-corrected chi connectivity index (χ3v) is 7.79. The summed E-state index contributed by atoms with van der Waals surface area (Å²) in [5, 5.41) is 23.2. The van der Waals surface area contributed by atoms with Crippen molar-refractivity contribution in [2.24, 2.45) is 0 Å². The van der Waals surface area contributed by atoms with Gasteiger partial charge >= 0.3 is 22.3 Å². The summed E-state index contributed by atoms with van der Waals surface area (Å²) in [5.74, 6) is -1.24. The number of nitriles is 2. The second-order valence-electron chi connectivity index (χ2n) is 8.89. The van der Waals surface area contributed by atoms with Gasteiger partial charge in [0.05, 0.1) is 39.8 Å². The molecule has 1 aliphatic carbocycles. The summed E-state index contributed by atoms with van der Waals surface area (Å²) in [6.45, 7) is -0.335. The molecule has 4 rings (SSSR count). The minimum Gasteiger partial charge on any atom is -0.468 e. The molecular weight excluding hydrogens is 620 g/mol. The van der Waals surface area contributed by atoms with E-state index in [4.69, 9.17) is 37.9 Å². The fourth-order valence-electron chi connectivity index (χ4n) is 4.08. The Balaban J connectivity index is 1.84. The second kappa shape index (κ2) is 9.51. The summed E-state index contributed by atoms with van der Waals surface area (Å²) >= 11 is 12.0. The lowest BCUT2D eigenvalue weighted by molar-refractivity contribution is -0.143. The molecule has 1 aromatic heterocycles. The van der Waals surface area contributed by atoms with E-state index in [1.54, 1.807) is 18.2 Å². The van der Waals surface area contributed by atoms with Crippen molar-refractivity contribution in [1.82, 2.24) is 9.78 Å². The molecule has 0 saturated heterocycles. The number of anilines is 1. The number of rotatable bonds is 7. The third-order valence-electron chi connectivity index (χ3n) is 6.09. The number of halogens is 7. The average Bonchev–Trinajstić information content (AvgIpc) is 3.62. The zero-order chi connectivity index (χ0) is 30.4. The third kappa shape index (κ3) is 5.88. The molecule has 0 atom stereocenters. The van der Waals surface area contributed by atoms with E-state index in [-0.39, 0.29) is 37.1 Å². The van der Waals surface area contributed by atoms with Gasteiger partial charge in [-0.25, -0.2) is 9.48 Å². The van der Waals surface area contributed by atoms with E-state index in [1.165, 1.54) is 12.1 Å². The van der Waals surface area contributed by atoms with Crippen molar-refractivity contribution in [1.29, 1.82) is 10.5 Å². The zero-order valence-corrected chi connectivity index (χ0v) is 22.9. The van der Waals surface area contributed by atoms with Gasteiger partial charge in [-0.1, -0.05) is 54.8 Å². The van der Waals surface area contributed by atoms with Crippen LogP contribution in [0.25, 0.3) is 5.69 Å². The molecule has 41 heavy (non-hydrogen) atoms. The fraction of sp³-hybridized carbons (Fsp3) is 0.208. The SMILES string of the molecule is COC(=O)C1(c2c(C#N)nn(-c3c(Cl)cc(S(F)(F)(F)(F)F)cc3Cl)c2NC(=O)OCc2cccc(C#N)c2)CC1. The highest BCUT2D eigenvalue weighted by Gasteiger charge is 2.66. The number of hydrogen-bond acceptors (Lipinski definition) is 7. The smallest absolute Gasteiger partial charge is 0.413 e. The van der Waals surface area contributed by atoms with E-state index in [0.29, 0.717) is 15.8 Å². The first-order chi connectivity index (χ1) is 18.9. The number of carbonyl (C=O) groups excluding carboxylic acids is 2. The quantitative estimate of drug-likeness (QED) is 0.210. The molecule has 1 saturated carbocycles. The first-order valence-corrected chi connectivity index (χ1v) is 13.9. The molecule has 1 fully saturated rings. The van der Waals surface area contributed by atoms with E-state index in [9.17, 15) is 34.3 Å². The number of esters is 1. The van der Waals surface area contributed by atoms with Crippen molar-refractivity contribution < 1.29 is 38.5 Å². The maximum Gasteiger partial charge on any atom is 0.413 e. The molecule has 1 amide bonds.